The largest absolute Gasteiger partial charge is 0.388 e. The van der Waals surface area contributed by atoms with Gasteiger partial charge >= 0.3 is 0 Å². The number of nitrogens with zero attached hydrogens (tertiary/aromatic N) is 1. The topological polar surface area (TPSA) is 33.1 Å². The van der Waals surface area contributed by atoms with Crippen LogP contribution >= 0.6 is 22.7 Å². The van der Waals surface area contributed by atoms with Crippen molar-refractivity contribution in [1.82, 2.24) is 4.98 Å². The summed E-state index contributed by atoms with van der Waals surface area (Å²) in [5, 5.41) is 12.3. The molecule has 68 valence electrons. The number of aliphatic hydroxyl groups excluding tert-OH is 1. The molecule has 0 bridgehead atoms. The molecule has 1 N–H and O–H groups in total. The molecule has 13 heavy (non-hydrogen) atoms. The van der Waals surface area contributed by atoms with Gasteiger partial charge in [-0.05, 0) is 18.4 Å². The molecule has 0 spiro atoms. The lowest BCUT2D eigenvalue weighted by Crippen LogP contribution is -1.83. The van der Waals surface area contributed by atoms with Gasteiger partial charge in [0.25, 0.3) is 0 Å². The lowest BCUT2D eigenvalue weighted by molar-refractivity contribution is 0.203. The number of hydrogen-bond donors (Lipinski definition) is 1. The predicted molar refractivity (Wildman–Crippen MR) is 56.1 cm³/mol. The van der Waals surface area contributed by atoms with E-state index >= 15 is 0 Å². The zero-order valence-corrected chi connectivity index (χ0v) is 8.73. The highest BCUT2D eigenvalue weighted by molar-refractivity contribution is 7.21. The fourth-order valence-corrected chi connectivity index (χ4v) is 2.65. The minimum atomic E-state index is -0.411. The highest BCUT2D eigenvalue weighted by Crippen LogP contribution is 2.31. The van der Waals surface area contributed by atoms with Crippen molar-refractivity contribution in [2.45, 2.75) is 13.0 Å². The quantitative estimate of drug-likeness (QED) is 0.828. The van der Waals surface area contributed by atoms with Gasteiger partial charge in [0, 0.05) is 6.20 Å². The van der Waals surface area contributed by atoms with Crippen LogP contribution in [0.2, 0.25) is 0 Å². The van der Waals surface area contributed by atoms with E-state index in [1.54, 1.807) is 35.8 Å². The minimum Gasteiger partial charge on any atom is -0.388 e. The molecule has 0 saturated carbocycles. The van der Waals surface area contributed by atoms with Gasteiger partial charge in [0.2, 0.25) is 0 Å². The van der Waals surface area contributed by atoms with E-state index in [4.69, 9.17) is 0 Å². The maximum absolute atomic E-state index is 9.31. The highest BCUT2D eigenvalue weighted by atomic mass is 32.1. The number of thiazole rings is 1. The van der Waals surface area contributed by atoms with E-state index in [1.165, 1.54) is 0 Å². The van der Waals surface area contributed by atoms with Crippen LogP contribution in [0.3, 0.4) is 0 Å². The highest BCUT2D eigenvalue weighted by Gasteiger charge is 2.08. The first-order valence-electron chi connectivity index (χ1n) is 3.95. The van der Waals surface area contributed by atoms with Gasteiger partial charge in [-0.15, -0.1) is 22.7 Å². The van der Waals surface area contributed by atoms with E-state index in [1.807, 2.05) is 17.5 Å². The number of hydrogen-bond acceptors (Lipinski definition) is 4. The molecule has 1 atom stereocenters. The monoisotopic (exact) mass is 211 g/mol. The number of aromatic nitrogens is 1. The van der Waals surface area contributed by atoms with Crippen LogP contribution in [-0.4, -0.2) is 10.1 Å². The smallest absolute Gasteiger partial charge is 0.133 e. The van der Waals surface area contributed by atoms with Crippen molar-refractivity contribution in [3.63, 3.8) is 0 Å². The van der Waals surface area contributed by atoms with Crippen LogP contribution in [-0.2, 0) is 0 Å². The van der Waals surface area contributed by atoms with Crippen LogP contribution in [0, 0.1) is 0 Å². The normalized spacial score (nSPS) is 13.1. The van der Waals surface area contributed by atoms with Gasteiger partial charge in [0.05, 0.1) is 15.9 Å². The molecule has 2 aromatic heterocycles. The summed E-state index contributed by atoms with van der Waals surface area (Å²) in [4.78, 5) is 6.33. The minimum absolute atomic E-state index is 0.411. The molecule has 0 fully saturated rings. The third kappa shape index (κ3) is 1.80. The summed E-state index contributed by atoms with van der Waals surface area (Å²) < 4.78 is 0. The molecular formula is C9H9NOS2. The van der Waals surface area contributed by atoms with Crippen LogP contribution in [0.4, 0.5) is 0 Å². The Morgan fingerprint density at radius 1 is 1.54 bits per heavy atom. The molecule has 2 aromatic rings. The summed E-state index contributed by atoms with van der Waals surface area (Å²) in [6.45, 7) is 1.76. The molecule has 2 nitrogen and oxygen atoms in total. The van der Waals surface area contributed by atoms with Crippen molar-refractivity contribution in [3.8, 4) is 9.88 Å². The third-order valence-electron chi connectivity index (χ3n) is 1.67. The SMILES string of the molecule is CC(O)c1cnc(-c2cccs2)s1. The zero-order chi connectivity index (χ0) is 9.26. The standard InChI is InChI=1S/C9H9NOS2/c1-6(11)8-5-10-9(13-8)7-3-2-4-12-7/h2-6,11H,1H3. The summed E-state index contributed by atoms with van der Waals surface area (Å²) in [5.74, 6) is 0. The van der Waals surface area contributed by atoms with Gasteiger partial charge < -0.3 is 5.11 Å². The number of aliphatic hydroxyl groups is 1. The van der Waals surface area contributed by atoms with Gasteiger partial charge in [-0.1, -0.05) is 6.07 Å². The van der Waals surface area contributed by atoms with E-state index in [2.05, 4.69) is 4.98 Å². The molecule has 2 heterocycles. The molecular weight excluding hydrogens is 202 g/mol. The zero-order valence-electron chi connectivity index (χ0n) is 7.10. The lowest BCUT2D eigenvalue weighted by Gasteiger charge is -1.95. The van der Waals surface area contributed by atoms with E-state index in [0.717, 1.165) is 14.8 Å². The van der Waals surface area contributed by atoms with Crippen molar-refractivity contribution in [1.29, 1.82) is 0 Å². The Morgan fingerprint density at radius 3 is 2.92 bits per heavy atom. The van der Waals surface area contributed by atoms with Crippen LogP contribution < -0.4 is 0 Å². The summed E-state index contributed by atoms with van der Waals surface area (Å²) >= 11 is 3.22. The summed E-state index contributed by atoms with van der Waals surface area (Å²) in [6, 6.07) is 4.04. The summed E-state index contributed by atoms with van der Waals surface area (Å²) in [7, 11) is 0. The molecule has 0 aliphatic rings. The Morgan fingerprint density at radius 2 is 2.38 bits per heavy atom. The van der Waals surface area contributed by atoms with E-state index < -0.39 is 6.10 Å². The second-order valence-electron chi connectivity index (χ2n) is 2.72. The Hall–Kier alpha value is -0.710. The first kappa shape index (κ1) is 8.87. The molecule has 0 aromatic carbocycles. The Kier molecular flexibility index (Phi) is 2.44. The summed E-state index contributed by atoms with van der Waals surface area (Å²) in [5.41, 5.74) is 0. The van der Waals surface area contributed by atoms with Crippen molar-refractivity contribution in [2.24, 2.45) is 0 Å². The fourth-order valence-electron chi connectivity index (χ4n) is 0.994. The Balaban J connectivity index is 2.33. The molecule has 0 radical (unpaired) electrons. The average Bonchev–Trinajstić information content (AvgIpc) is 2.75. The molecule has 0 aliphatic carbocycles. The van der Waals surface area contributed by atoms with Gasteiger partial charge in [-0.25, -0.2) is 4.98 Å². The van der Waals surface area contributed by atoms with Crippen molar-refractivity contribution >= 4 is 22.7 Å². The molecule has 2 rings (SSSR count). The number of thiophene rings is 1. The van der Waals surface area contributed by atoms with Crippen LogP contribution in [0.25, 0.3) is 9.88 Å². The second-order valence-corrected chi connectivity index (χ2v) is 4.73. The second kappa shape index (κ2) is 3.57. The van der Waals surface area contributed by atoms with Crippen molar-refractivity contribution < 1.29 is 5.11 Å². The Labute approximate surface area is 84.5 Å². The molecule has 0 saturated heterocycles. The first-order valence-corrected chi connectivity index (χ1v) is 5.64. The van der Waals surface area contributed by atoms with Crippen molar-refractivity contribution in [2.75, 3.05) is 0 Å². The van der Waals surface area contributed by atoms with E-state index in [-0.39, 0.29) is 0 Å². The molecule has 0 aliphatic heterocycles. The molecule has 4 heteroatoms. The molecule has 1 unspecified atom stereocenters. The van der Waals surface area contributed by atoms with Crippen LogP contribution in [0.5, 0.6) is 0 Å². The predicted octanol–water partition coefficient (Wildman–Crippen LogP) is 2.92. The Bertz CT molecular complexity index is 378. The summed E-state index contributed by atoms with van der Waals surface area (Å²) in [6.07, 6.45) is 1.33. The van der Waals surface area contributed by atoms with Crippen LogP contribution in [0.1, 0.15) is 17.9 Å². The lowest BCUT2D eigenvalue weighted by atomic mass is 10.4. The maximum atomic E-state index is 9.31. The van der Waals surface area contributed by atoms with Crippen molar-refractivity contribution in [3.05, 3.63) is 28.6 Å². The number of rotatable bonds is 2. The van der Waals surface area contributed by atoms with Gasteiger partial charge in [0.15, 0.2) is 0 Å². The third-order valence-corrected chi connectivity index (χ3v) is 3.87. The first-order chi connectivity index (χ1) is 6.27. The average molecular weight is 211 g/mol. The van der Waals surface area contributed by atoms with Gasteiger partial charge in [-0.3, -0.25) is 0 Å². The fraction of sp³-hybridized carbons (Fsp3) is 0.222. The van der Waals surface area contributed by atoms with E-state index in [9.17, 15) is 5.11 Å². The van der Waals surface area contributed by atoms with Gasteiger partial charge in [-0.2, -0.15) is 0 Å². The van der Waals surface area contributed by atoms with E-state index in [0.29, 0.717) is 0 Å². The van der Waals surface area contributed by atoms with Crippen LogP contribution in [0.15, 0.2) is 23.7 Å². The molecule has 0 amide bonds. The maximum Gasteiger partial charge on any atom is 0.133 e. The van der Waals surface area contributed by atoms with Gasteiger partial charge in [0.1, 0.15) is 5.01 Å².